The molecule has 0 atom stereocenters. The van der Waals surface area contributed by atoms with E-state index in [1.54, 1.807) is 0 Å². The molecule has 0 saturated carbocycles. The molecule has 0 radical (unpaired) electrons. The van der Waals surface area contributed by atoms with Crippen molar-refractivity contribution in [3.63, 3.8) is 0 Å². The van der Waals surface area contributed by atoms with Gasteiger partial charge in [0.15, 0.2) is 0 Å². The summed E-state index contributed by atoms with van der Waals surface area (Å²) >= 11 is 0. The van der Waals surface area contributed by atoms with Crippen molar-refractivity contribution in [3.05, 3.63) is 143 Å². The Labute approximate surface area is 188 Å². The lowest BCUT2D eigenvalue weighted by molar-refractivity contribution is 0.795. The minimum atomic E-state index is -0.294. The lowest BCUT2D eigenvalue weighted by atomic mass is 9.68. The maximum absolute atomic E-state index is 2.34. The van der Waals surface area contributed by atoms with Gasteiger partial charge in [-0.05, 0) is 68.1 Å². The topological polar surface area (TPSA) is 0 Å². The van der Waals surface area contributed by atoms with Crippen molar-refractivity contribution >= 4 is 0 Å². The molecule has 0 heteroatoms. The highest BCUT2D eigenvalue weighted by molar-refractivity contribution is 5.98. The first-order valence-corrected chi connectivity index (χ1v) is 11.3. The molecule has 0 aliphatic heterocycles. The number of benzene rings is 5. The van der Waals surface area contributed by atoms with Gasteiger partial charge < -0.3 is 0 Å². The Balaban J connectivity index is 1.72. The minimum absolute atomic E-state index is 0.294. The zero-order valence-corrected chi connectivity index (χ0v) is 18.0. The molecule has 5 aromatic rings. The van der Waals surface area contributed by atoms with E-state index < -0.39 is 0 Å². The van der Waals surface area contributed by atoms with Crippen LogP contribution in [0.15, 0.2) is 115 Å². The third-order valence-corrected chi connectivity index (χ3v) is 7.45. The number of rotatable bonds is 1. The maximum Gasteiger partial charge on any atom is 0.0731 e. The van der Waals surface area contributed by atoms with Crippen LogP contribution in [-0.2, 0) is 5.41 Å². The summed E-state index contributed by atoms with van der Waals surface area (Å²) in [6.07, 6.45) is 0. The van der Waals surface area contributed by atoms with E-state index in [1.807, 2.05) is 0 Å². The molecule has 0 fully saturated rings. The average molecular weight is 407 g/mol. The SMILES string of the molecule is Cc1ccccc1-c1cccc2c1C1(c3ccccc3-c3ccccc31)c1ccccc1-2. The van der Waals surface area contributed by atoms with Gasteiger partial charge in [0.2, 0.25) is 0 Å². The van der Waals surface area contributed by atoms with E-state index in [-0.39, 0.29) is 5.41 Å². The smallest absolute Gasteiger partial charge is 0.0620 e. The second-order valence-corrected chi connectivity index (χ2v) is 8.93. The molecule has 0 aromatic heterocycles. The largest absolute Gasteiger partial charge is 0.0731 e. The molecule has 0 bridgehead atoms. The van der Waals surface area contributed by atoms with Gasteiger partial charge in [0, 0.05) is 0 Å². The third kappa shape index (κ3) is 2.03. The quantitative estimate of drug-likeness (QED) is 0.259. The number of hydrogen-bond donors (Lipinski definition) is 0. The molecule has 5 aromatic carbocycles. The van der Waals surface area contributed by atoms with Crippen LogP contribution in [0.2, 0.25) is 0 Å². The van der Waals surface area contributed by atoms with Gasteiger partial charge in [0.1, 0.15) is 0 Å². The molecule has 0 nitrogen and oxygen atoms in total. The van der Waals surface area contributed by atoms with Gasteiger partial charge >= 0.3 is 0 Å². The van der Waals surface area contributed by atoms with Crippen molar-refractivity contribution in [2.75, 3.05) is 0 Å². The first kappa shape index (κ1) is 17.7. The second-order valence-electron chi connectivity index (χ2n) is 8.93. The van der Waals surface area contributed by atoms with Crippen molar-refractivity contribution in [3.8, 4) is 33.4 Å². The monoisotopic (exact) mass is 406 g/mol. The standard InChI is InChI=1S/C32H22/c1-21-11-2-3-12-22(21)26-16-10-17-27-25-15-6-9-20-30(25)32(31(26)27)28-18-7-4-13-23(28)24-14-5-8-19-29(24)32/h2-20H,1H3. The summed E-state index contributed by atoms with van der Waals surface area (Å²) in [6, 6.07) is 42.7. The number of fused-ring (bicyclic) bond motifs is 10. The molecule has 2 aliphatic carbocycles. The van der Waals surface area contributed by atoms with Crippen molar-refractivity contribution in [1.82, 2.24) is 0 Å². The van der Waals surface area contributed by atoms with Crippen molar-refractivity contribution < 1.29 is 0 Å². The zero-order valence-electron chi connectivity index (χ0n) is 18.0. The Kier molecular flexibility index (Phi) is 3.50. The fourth-order valence-electron chi connectivity index (χ4n) is 6.25. The van der Waals surface area contributed by atoms with E-state index in [2.05, 4.69) is 122 Å². The highest BCUT2D eigenvalue weighted by Crippen LogP contribution is 2.64. The van der Waals surface area contributed by atoms with Crippen LogP contribution in [0.1, 0.15) is 27.8 Å². The highest BCUT2D eigenvalue weighted by atomic mass is 14.5. The van der Waals surface area contributed by atoms with E-state index in [9.17, 15) is 0 Å². The van der Waals surface area contributed by atoms with Crippen LogP contribution in [0, 0.1) is 6.92 Å². The number of hydrogen-bond acceptors (Lipinski definition) is 0. The molecule has 0 N–H and O–H groups in total. The van der Waals surface area contributed by atoms with Crippen LogP contribution in [0.4, 0.5) is 0 Å². The summed E-state index contributed by atoms with van der Waals surface area (Å²) in [5, 5.41) is 0. The van der Waals surface area contributed by atoms with Crippen LogP contribution in [0.25, 0.3) is 33.4 Å². The predicted octanol–water partition coefficient (Wildman–Crippen LogP) is 8.01. The second kappa shape index (κ2) is 6.31. The van der Waals surface area contributed by atoms with E-state index in [0.29, 0.717) is 0 Å². The molecule has 0 amide bonds. The third-order valence-electron chi connectivity index (χ3n) is 7.45. The molecule has 0 heterocycles. The number of aryl methyl sites for hydroxylation is 1. The normalized spacial score (nSPS) is 14.0. The van der Waals surface area contributed by atoms with Gasteiger partial charge in [-0.15, -0.1) is 0 Å². The van der Waals surface area contributed by atoms with Crippen molar-refractivity contribution in [1.29, 1.82) is 0 Å². The molecular formula is C32H22. The zero-order chi connectivity index (χ0) is 21.3. The lowest BCUT2D eigenvalue weighted by Gasteiger charge is -2.32. The lowest BCUT2D eigenvalue weighted by Crippen LogP contribution is -2.26. The molecule has 1 spiro atoms. The Morgan fingerprint density at radius 2 is 0.750 bits per heavy atom. The summed E-state index contributed by atoms with van der Waals surface area (Å²) in [5.41, 5.74) is 14.7. The van der Waals surface area contributed by atoms with Gasteiger partial charge in [0.25, 0.3) is 0 Å². The predicted molar refractivity (Wildman–Crippen MR) is 133 cm³/mol. The van der Waals surface area contributed by atoms with Crippen LogP contribution >= 0.6 is 0 Å². The summed E-state index contributed by atoms with van der Waals surface area (Å²) in [7, 11) is 0. The van der Waals surface area contributed by atoms with E-state index >= 15 is 0 Å². The fourth-order valence-corrected chi connectivity index (χ4v) is 6.25. The van der Waals surface area contributed by atoms with Crippen LogP contribution in [0.5, 0.6) is 0 Å². The first-order valence-electron chi connectivity index (χ1n) is 11.3. The van der Waals surface area contributed by atoms with Gasteiger partial charge in [0.05, 0.1) is 5.41 Å². The molecular weight excluding hydrogens is 384 g/mol. The van der Waals surface area contributed by atoms with E-state index in [1.165, 1.54) is 61.2 Å². The maximum atomic E-state index is 2.34. The Morgan fingerprint density at radius 3 is 1.28 bits per heavy atom. The van der Waals surface area contributed by atoms with E-state index in [0.717, 1.165) is 0 Å². The molecule has 0 unspecified atom stereocenters. The van der Waals surface area contributed by atoms with Crippen molar-refractivity contribution in [2.24, 2.45) is 0 Å². The molecule has 0 saturated heterocycles. The summed E-state index contributed by atoms with van der Waals surface area (Å²) < 4.78 is 0. The molecule has 150 valence electrons. The molecule has 2 aliphatic rings. The van der Waals surface area contributed by atoms with Crippen molar-refractivity contribution in [2.45, 2.75) is 12.3 Å². The summed E-state index contributed by atoms with van der Waals surface area (Å²) in [4.78, 5) is 0. The van der Waals surface area contributed by atoms with Gasteiger partial charge in [-0.2, -0.15) is 0 Å². The summed E-state index contributed by atoms with van der Waals surface area (Å²) in [6.45, 7) is 2.22. The Bertz CT molecular complexity index is 1470. The van der Waals surface area contributed by atoms with Crippen LogP contribution in [0.3, 0.4) is 0 Å². The van der Waals surface area contributed by atoms with Gasteiger partial charge in [-0.25, -0.2) is 0 Å². The molecule has 32 heavy (non-hydrogen) atoms. The van der Waals surface area contributed by atoms with Crippen LogP contribution < -0.4 is 0 Å². The van der Waals surface area contributed by atoms with Gasteiger partial charge in [-0.1, -0.05) is 115 Å². The fraction of sp³-hybridized carbons (Fsp3) is 0.0625. The highest BCUT2D eigenvalue weighted by Gasteiger charge is 2.52. The Morgan fingerprint density at radius 1 is 0.375 bits per heavy atom. The summed E-state index contributed by atoms with van der Waals surface area (Å²) in [5.74, 6) is 0. The minimum Gasteiger partial charge on any atom is -0.0620 e. The van der Waals surface area contributed by atoms with E-state index in [4.69, 9.17) is 0 Å². The first-order chi connectivity index (χ1) is 15.8. The Hall–Kier alpha value is -3.90. The van der Waals surface area contributed by atoms with Gasteiger partial charge in [-0.3, -0.25) is 0 Å². The van der Waals surface area contributed by atoms with Crippen LogP contribution in [-0.4, -0.2) is 0 Å². The average Bonchev–Trinajstić information content (AvgIpc) is 3.32. The molecule has 7 rings (SSSR count).